The Hall–Kier alpha value is -3.05. The van der Waals surface area contributed by atoms with E-state index in [-0.39, 0.29) is 11.5 Å². The first-order valence-electron chi connectivity index (χ1n) is 8.54. The number of amides is 1. The van der Waals surface area contributed by atoms with Crippen molar-refractivity contribution < 1.29 is 9.53 Å². The van der Waals surface area contributed by atoms with Gasteiger partial charge >= 0.3 is 0 Å². The Labute approximate surface area is 162 Å². The Morgan fingerprint density at radius 1 is 1.11 bits per heavy atom. The van der Waals surface area contributed by atoms with Crippen molar-refractivity contribution in [2.45, 2.75) is 13.5 Å². The van der Waals surface area contributed by atoms with Crippen molar-refractivity contribution in [1.82, 2.24) is 4.57 Å². The Balaban J connectivity index is 1.76. The normalized spacial score (nSPS) is 10.4. The topological polar surface area (TPSA) is 60.3 Å². The molecule has 138 valence electrons. The van der Waals surface area contributed by atoms with Crippen molar-refractivity contribution in [3.8, 4) is 5.75 Å². The smallest absolute Gasteiger partial charge is 0.257 e. The molecule has 0 bridgehead atoms. The Morgan fingerprint density at radius 2 is 1.89 bits per heavy atom. The molecule has 0 spiro atoms. The highest BCUT2D eigenvalue weighted by molar-refractivity contribution is 6.30. The third-order valence-electron chi connectivity index (χ3n) is 3.91. The Bertz CT molecular complexity index is 997. The highest BCUT2D eigenvalue weighted by Crippen LogP contribution is 2.16. The molecule has 0 unspecified atom stereocenters. The van der Waals surface area contributed by atoms with E-state index in [4.69, 9.17) is 16.3 Å². The molecule has 5 nitrogen and oxygen atoms in total. The maximum atomic E-state index is 12.5. The number of halogens is 1. The van der Waals surface area contributed by atoms with Crippen LogP contribution in [0.4, 0.5) is 5.69 Å². The summed E-state index contributed by atoms with van der Waals surface area (Å²) in [4.78, 5) is 24.6. The molecule has 1 amide bonds. The van der Waals surface area contributed by atoms with E-state index in [0.717, 1.165) is 11.3 Å². The number of carbonyl (C=O) groups excluding carboxylic acids is 1. The number of ether oxygens (including phenoxy) is 1. The Kier molecular flexibility index (Phi) is 5.94. The van der Waals surface area contributed by atoms with Crippen molar-refractivity contribution in [1.29, 1.82) is 0 Å². The fourth-order valence-electron chi connectivity index (χ4n) is 2.63. The lowest BCUT2D eigenvalue weighted by Crippen LogP contribution is -2.22. The van der Waals surface area contributed by atoms with Crippen LogP contribution in [-0.2, 0) is 6.54 Å². The summed E-state index contributed by atoms with van der Waals surface area (Å²) in [5, 5.41) is 3.42. The van der Waals surface area contributed by atoms with Gasteiger partial charge in [0.2, 0.25) is 0 Å². The van der Waals surface area contributed by atoms with Gasteiger partial charge in [0, 0.05) is 23.0 Å². The molecule has 1 heterocycles. The molecule has 0 saturated carbocycles. The largest absolute Gasteiger partial charge is 0.494 e. The summed E-state index contributed by atoms with van der Waals surface area (Å²) in [6.07, 6.45) is 1.55. The van der Waals surface area contributed by atoms with Crippen LogP contribution in [0.1, 0.15) is 22.8 Å². The van der Waals surface area contributed by atoms with Crippen molar-refractivity contribution in [3.05, 3.63) is 93.4 Å². The maximum absolute atomic E-state index is 12.5. The van der Waals surface area contributed by atoms with Crippen molar-refractivity contribution in [3.63, 3.8) is 0 Å². The molecule has 0 aliphatic carbocycles. The number of nitrogens with zero attached hydrogens (tertiary/aromatic N) is 1. The molecule has 1 N–H and O–H groups in total. The van der Waals surface area contributed by atoms with E-state index in [2.05, 4.69) is 5.32 Å². The van der Waals surface area contributed by atoms with E-state index in [1.54, 1.807) is 42.6 Å². The number of hydrogen-bond acceptors (Lipinski definition) is 3. The Morgan fingerprint density at radius 3 is 2.59 bits per heavy atom. The second-order valence-corrected chi connectivity index (χ2v) is 6.36. The molecule has 3 aromatic rings. The van der Waals surface area contributed by atoms with Gasteiger partial charge in [-0.25, -0.2) is 0 Å². The predicted octanol–water partition coefficient (Wildman–Crippen LogP) is 4.20. The summed E-state index contributed by atoms with van der Waals surface area (Å²) in [5.74, 6) is 0.449. The summed E-state index contributed by atoms with van der Waals surface area (Å²) in [6.45, 7) is 2.83. The van der Waals surface area contributed by atoms with Crippen LogP contribution >= 0.6 is 11.6 Å². The first kappa shape index (κ1) is 18.7. The van der Waals surface area contributed by atoms with Crippen molar-refractivity contribution in [2.75, 3.05) is 11.9 Å². The molecule has 27 heavy (non-hydrogen) atoms. The number of hydrogen-bond donors (Lipinski definition) is 1. The standard InChI is InChI=1S/C21H19ClN2O3/c1-2-27-19-9-7-18(8-10-19)23-21(26)16-6-11-20(25)24(14-16)13-15-4-3-5-17(22)12-15/h3-12,14H,2,13H2,1H3,(H,23,26). The molecule has 0 aliphatic heterocycles. The lowest BCUT2D eigenvalue weighted by atomic mass is 10.2. The van der Waals surface area contributed by atoms with Gasteiger partial charge in [-0.05, 0) is 55.0 Å². The molecule has 0 aliphatic rings. The van der Waals surface area contributed by atoms with E-state index in [0.29, 0.717) is 29.4 Å². The number of pyridine rings is 1. The van der Waals surface area contributed by atoms with Crippen molar-refractivity contribution >= 4 is 23.2 Å². The molecule has 0 saturated heterocycles. The highest BCUT2D eigenvalue weighted by atomic mass is 35.5. The first-order chi connectivity index (χ1) is 13.0. The SMILES string of the molecule is CCOc1ccc(NC(=O)c2ccc(=O)n(Cc3cccc(Cl)c3)c2)cc1. The molecular formula is C21H19ClN2O3. The molecule has 6 heteroatoms. The highest BCUT2D eigenvalue weighted by Gasteiger charge is 2.09. The average molecular weight is 383 g/mol. The van der Waals surface area contributed by atoms with Crippen LogP contribution in [0.15, 0.2) is 71.7 Å². The number of rotatable bonds is 6. The van der Waals surface area contributed by atoms with Crippen molar-refractivity contribution in [2.24, 2.45) is 0 Å². The van der Waals surface area contributed by atoms with Gasteiger partial charge in [-0.3, -0.25) is 9.59 Å². The van der Waals surface area contributed by atoms with E-state index in [1.807, 2.05) is 19.1 Å². The summed E-state index contributed by atoms with van der Waals surface area (Å²) in [6, 6.07) is 17.3. The van der Waals surface area contributed by atoms with Gasteiger partial charge in [-0.15, -0.1) is 0 Å². The number of benzene rings is 2. The second-order valence-electron chi connectivity index (χ2n) is 5.93. The van der Waals surface area contributed by atoms with Crippen LogP contribution in [0.2, 0.25) is 5.02 Å². The fraction of sp³-hybridized carbons (Fsp3) is 0.143. The maximum Gasteiger partial charge on any atom is 0.257 e. The van der Waals surface area contributed by atoms with E-state index in [1.165, 1.54) is 16.7 Å². The van der Waals surface area contributed by atoms with Crippen LogP contribution in [-0.4, -0.2) is 17.1 Å². The van der Waals surface area contributed by atoms with Crippen LogP contribution in [0.3, 0.4) is 0 Å². The average Bonchev–Trinajstić information content (AvgIpc) is 2.65. The number of anilines is 1. The van der Waals surface area contributed by atoms with E-state index in [9.17, 15) is 9.59 Å². The molecule has 1 aromatic heterocycles. The van der Waals surface area contributed by atoms with Crippen LogP contribution in [0.5, 0.6) is 5.75 Å². The molecule has 2 aromatic carbocycles. The lowest BCUT2D eigenvalue weighted by Gasteiger charge is -2.10. The van der Waals surface area contributed by atoms with Crippen LogP contribution in [0, 0.1) is 0 Å². The molecular weight excluding hydrogens is 364 g/mol. The molecule has 0 fully saturated rings. The third kappa shape index (κ3) is 4.99. The van der Waals surface area contributed by atoms with Crippen LogP contribution < -0.4 is 15.6 Å². The third-order valence-corrected chi connectivity index (χ3v) is 4.15. The van der Waals surface area contributed by atoms with Gasteiger partial charge in [0.15, 0.2) is 0 Å². The number of carbonyl (C=O) groups is 1. The van der Waals surface area contributed by atoms with Gasteiger partial charge in [0.25, 0.3) is 11.5 Å². The van der Waals surface area contributed by atoms with Gasteiger partial charge in [0.05, 0.1) is 18.7 Å². The van der Waals surface area contributed by atoms with Gasteiger partial charge < -0.3 is 14.6 Å². The van der Waals surface area contributed by atoms with Gasteiger partial charge in [-0.2, -0.15) is 0 Å². The summed E-state index contributed by atoms with van der Waals surface area (Å²) >= 11 is 5.99. The summed E-state index contributed by atoms with van der Waals surface area (Å²) in [5.41, 5.74) is 1.74. The lowest BCUT2D eigenvalue weighted by molar-refractivity contribution is 0.102. The molecule has 3 rings (SSSR count). The van der Waals surface area contributed by atoms with E-state index >= 15 is 0 Å². The van der Waals surface area contributed by atoms with Gasteiger partial charge in [-0.1, -0.05) is 23.7 Å². The molecule has 0 radical (unpaired) electrons. The number of nitrogens with one attached hydrogen (secondary N) is 1. The minimum Gasteiger partial charge on any atom is -0.494 e. The zero-order valence-electron chi connectivity index (χ0n) is 14.8. The summed E-state index contributed by atoms with van der Waals surface area (Å²) < 4.78 is 6.87. The first-order valence-corrected chi connectivity index (χ1v) is 8.92. The zero-order valence-corrected chi connectivity index (χ0v) is 15.6. The van der Waals surface area contributed by atoms with Gasteiger partial charge in [0.1, 0.15) is 5.75 Å². The van der Waals surface area contributed by atoms with Crippen LogP contribution in [0.25, 0.3) is 0 Å². The monoisotopic (exact) mass is 382 g/mol. The molecule has 0 atom stereocenters. The predicted molar refractivity (Wildman–Crippen MR) is 107 cm³/mol. The zero-order chi connectivity index (χ0) is 19.2. The second kappa shape index (κ2) is 8.56. The number of aromatic nitrogens is 1. The fourth-order valence-corrected chi connectivity index (χ4v) is 2.84. The van der Waals surface area contributed by atoms with E-state index < -0.39 is 0 Å². The minimum atomic E-state index is -0.293. The quantitative estimate of drug-likeness (QED) is 0.695. The summed E-state index contributed by atoms with van der Waals surface area (Å²) in [7, 11) is 0. The minimum absolute atomic E-state index is 0.187.